The Morgan fingerprint density at radius 2 is 1.24 bits per heavy atom. The summed E-state index contributed by atoms with van der Waals surface area (Å²) >= 11 is 1.53. The molecule has 25 heavy (non-hydrogen) atoms. The van der Waals surface area contributed by atoms with Crippen molar-refractivity contribution in [3.63, 3.8) is 0 Å². The van der Waals surface area contributed by atoms with E-state index in [-0.39, 0.29) is 0 Å². The number of thiazole rings is 1. The zero-order valence-electron chi connectivity index (χ0n) is 13.9. The Kier molecular flexibility index (Phi) is 4.08. The molecule has 0 unspecified atom stereocenters. The molecule has 0 atom stereocenters. The van der Waals surface area contributed by atoms with Gasteiger partial charge in [0.05, 0.1) is 10.6 Å². The SMILES string of the molecule is Cc1ccc(-c2nc(N)sc2-c2ccc(-c3ccccc3)cc2)cc1. The van der Waals surface area contributed by atoms with Crippen molar-refractivity contribution in [3.05, 3.63) is 84.4 Å². The smallest absolute Gasteiger partial charge is 0.181 e. The van der Waals surface area contributed by atoms with Gasteiger partial charge in [-0.25, -0.2) is 4.98 Å². The third-order valence-electron chi connectivity index (χ3n) is 4.22. The molecular formula is C22H18N2S. The van der Waals surface area contributed by atoms with Gasteiger partial charge in [0.15, 0.2) is 5.13 Å². The molecule has 0 amide bonds. The second kappa shape index (κ2) is 6.54. The summed E-state index contributed by atoms with van der Waals surface area (Å²) < 4.78 is 0. The van der Waals surface area contributed by atoms with Gasteiger partial charge in [0.2, 0.25) is 0 Å². The number of anilines is 1. The summed E-state index contributed by atoms with van der Waals surface area (Å²) in [6.45, 7) is 2.09. The van der Waals surface area contributed by atoms with Gasteiger partial charge in [0.1, 0.15) is 0 Å². The van der Waals surface area contributed by atoms with E-state index in [1.54, 1.807) is 0 Å². The zero-order valence-corrected chi connectivity index (χ0v) is 14.8. The van der Waals surface area contributed by atoms with E-state index >= 15 is 0 Å². The van der Waals surface area contributed by atoms with Crippen LogP contribution in [0.1, 0.15) is 5.56 Å². The largest absolute Gasteiger partial charge is 0.375 e. The first-order chi connectivity index (χ1) is 12.2. The minimum absolute atomic E-state index is 0.595. The van der Waals surface area contributed by atoms with Crippen LogP contribution in [-0.2, 0) is 0 Å². The lowest BCUT2D eigenvalue weighted by Gasteiger charge is -2.06. The van der Waals surface area contributed by atoms with Crippen molar-refractivity contribution in [2.75, 3.05) is 5.73 Å². The summed E-state index contributed by atoms with van der Waals surface area (Å²) in [7, 11) is 0. The molecule has 4 aromatic rings. The van der Waals surface area contributed by atoms with Gasteiger partial charge in [-0.1, -0.05) is 95.8 Å². The average molecular weight is 342 g/mol. The first-order valence-corrected chi connectivity index (χ1v) is 9.01. The van der Waals surface area contributed by atoms with Crippen molar-refractivity contribution in [2.24, 2.45) is 0 Å². The number of nitrogens with zero attached hydrogens (tertiary/aromatic N) is 1. The van der Waals surface area contributed by atoms with Crippen LogP contribution in [0, 0.1) is 6.92 Å². The molecule has 0 radical (unpaired) electrons. The first kappa shape index (κ1) is 15.6. The Morgan fingerprint density at radius 1 is 0.680 bits per heavy atom. The standard InChI is InChI=1S/C22H18N2S/c1-15-7-9-18(10-8-15)20-21(25-22(23)24-20)19-13-11-17(12-14-19)16-5-3-2-4-6-16/h2-14H,1H3,(H2,23,24). The molecule has 0 aliphatic heterocycles. The molecule has 1 heterocycles. The monoisotopic (exact) mass is 342 g/mol. The summed E-state index contributed by atoms with van der Waals surface area (Å²) in [5, 5.41) is 0.595. The van der Waals surface area contributed by atoms with Gasteiger partial charge in [0.25, 0.3) is 0 Å². The molecule has 2 nitrogen and oxygen atoms in total. The van der Waals surface area contributed by atoms with Gasteiger partial charge < -0.3 is 5.73 Å². The van der Waals surface area contributed by atoms with Crippen molar-refractivity contribution in [2.45, 2.75) is 6.92 Å². The van der Waals surface area contributed by atoms with Gasteiger partial charge in [-0.3, -0.25) is 0 Å². The molecule has 3 heteroatoms. The topological polar surface area (TPSA) is 38.9 Å². The molecular weight excluding hydrogens is 324 g/mol. The molecule has 0 saturated heterocycles. The number of hydrogen-bond acceptors (Lipinski definition) is 3. The molecule has 0 aliphatic rings. The van der Waals surface area contributed by atoms with E-state index in [9.17, 15) is 0 Å². The summed E-state index contributed by atoms with van der Waals surface area (Å²) in [6.07, 6.45) is 0. The van der Waals surface area contributed by atoms with Crippen LogP contribution in [0.2, 0.25) is 0 Å². The molecule has 2 N–H and O–H groups in total. The lowest BCUT2D eigenvalue weighted by atomic mass is 10.0. The van der Waals surface area contributed by atoms with Crippen molar-refractivity contribution in [3.8, 4) is 32.8 Å². The highest BCUT2D eigenvalue weighted by atomic mass is 32.1. The number of nitrogen functional groups attached to an aromatic ring is 1. The maximum absolute atomic E-state index is 6.01. The fourth-order valence-electron chi connectivity index (χ4n) is 2.88. The molecule has 3 aromatic carbocycles. The Balaban J connectivity index is 1.74. The molecule has 122 valence electrons. The normalized spacial score (nSPS) is 10.8. The van der Waals surface area contributed by atoms with E-state index < -0.39 is 0 Å². The number of aryl methyl sites for hydroxylation is 1. The maximum Gasteiger partial charge on any atom is 0.181 e. The second-order valence-corrected chi connectivity index (χ2v) is 7.07. The maximum atomic E-state index is 6.01. The first-order valence-electron chi connectivity index (χ1n) is 8.20. The van der Waals surface area contributed by atoms with E-state index in [1.807, 2.05) is 6.07 Å². The van der Waals surface area contributed by atoms with Crippen molar-refractivity contribution in [1.82, 2.24) is 4.98 Å². The van der Waals surface area contributed by atoms with Gasteiger partial charge in [-0.05, 0) is 23.6 Å². The summed E-state index contributed by atoms with van der Waals surface area (Å²) in [6, 6.07) is 27.4. The third kappa shape index (κ3) is 3.19. The number of benzene rings is 3. The molecule has 0 fully saturated rings. The Labute approximate surface area is 151 Å². The predicted octanol–water partition coefficient (Wildman–Crippen LogP) is 6.03. The van der Waals surface area contributed by atoms with Crippen LogP contribution in [0.4, 0.5) is 5.13 Å². The quantitative estimate of drug-likeness (QED) is 0.493. The number of nitrogens with two attached hydrogens (primary N) is 1. The third-order valence-corrected chi connectivity index (χ3v) is 5.16. The summed E-state index contributed by atoms with van der Waals surface area (Å²) in [5.41, 5.74) is 12.9. The number of hydrogen-bond donors (Lipinski definition) is 1. The fourth-order valence-corrected chi connectivity index (χ4v) is 3.74. The Morgan fingerprint density at radius 3 is 1.92 bits per heavy atom. The van der Waals surface area contributed by atoms with Crippen LogP contribution >= 0.6 is 11.3 Å². The molecule has 0 bridgehead atoms. The van der Waals surface area contributed by atoms with E-state index in [1.165, 1.54) is 28.0 Å². The van der Waals surface area contributed by atoms with Crippen LogP contribution in [0.25, 0.3) is 32.8 Å². The average Bonchev–Trinajstić information content (AvgIpc) is 3.05. The van der Waals surface area contributed by atoms with E-state index in [2.05, 4.69) is 84.7 Å². The lowest BCUT2D eigenvalue weighted by Crippen LogP contribution is -1.85. The zero-order chi connectivity index (χ0) is 17.2. The highest BCUT2D eigenvalue weighted by Gasteiger charge is 2.13. The van der Waals surface area contributed by atoms with Gasteiger partial charge in [-0.15, -0.1) is 0 Å². The van der Waals surface area contributed by atoms with Gasteiger partial charge >= 0.3 is 0 Å². The summed E-state index contributed by atoms with van der Waals surface area (Å²) in [4.78, 5) is 5.68. The van der Waals surface area contributed by atoms with Crippen LogP contribution < -0.4 is 5.73 Å². The van der Waals surface area contributed by atoms with Crippen molar-refractivity contribution < 1.29 is 0 Å². The molecule has 1 aromatic heterocycles. The van der Waals surface area contributed by atoms with Crippen LogP contribution in [0.15, 0.2) is 78.9 Å². The minimum Gasteiger partial charge on any atom is -0.375 e. The predicted molar refractivity (Wildman–Crippen MR) is 108 cm³/mol. The van der Waals surface area contributed by atoms with Crippen molar-refractivity contribution >= 4 is 16.5 Å². The molecule has 0 spiro atoms. The van der Waals surface area contributed by atoms with Gasteiger partial charge in [0, 0.05) is 5.56 Å². The second-order valence-electron chi connectivity index (χ2n) is 6.04. The van der Waals surface area contributed by atoms with Crippen LogP contribution in [0.3, 0.4) is 0 Å². The highest BCUT2D eigenvalue weighted by molar-refractivity contribution is 7.19. The van der Waals surface area contributed by atoms with Crippen molar-refractivity contribution in [1.29, 1.82) is 0 Å². The minimum atomic E-state index is 0.595. The number of aromatic nitrogens is 1. The van der Waals surface area contributed by atoms with Crippen LogP contribution in [0.5, 0.6) is 0 Å². The Bertz CT molecular complexity index is 985. The molecule has 0 aliphatic carbocycles. The lowest BCUT2D eigenvalue weighted by molar-refractivity contribution is 1.39. The van der Waals surface area contributed by atoms with E-state index in [4.69, 9.17) is 5.73 Å². The Hall–Kier alpha value is -2.91. The highest BCUT2D eigenvalue weighted by Crippen LogP contribution is 2.38. The van der Waals surface area contributed by atoms with Crippen LogP contribution in [-0.4, -0.2) is 4.98 Å². The number of rotatable bonds is 3. The molecule has 4 rings (SSSR count). The van der Waals surface area contributed by atoms with E-state index in [0.29, 0.717) is 5.13 Å². The van der Waals surface area contributed by atoms with Gasteiger partial charge in [-0.2, -0.15) is 0 Å². The van der Waals surface area contributed by atoms with E-state index in [0.717, 1.165) is 21.7 Å². The fraction of sp³-hybridized carbons (Fsp3) is 0.0455. The molecule has 0 saturated carbocycles. The summed E-state index contributed by atoms with van der Waals surface area (Å²) in [5.74, 6) is 0.